The zero-order valence-corrected chi connectivity index (χ0v) is 13.0. The largest absolute Gasteiger partial charge is 0.395 e. The van der Waals surface area contributed by atoms with Gasteiger partial charge in [0.05, 0.1) is 23.6 Å². The van der Waals surface area contributed by atoms with Gasteiger partial charge in [-0.25, -0.2) is 0 Å². The molecule has 4 nitrogen and oxygen atoms in total. The van der Waals surface area contributed by atoms with Crippen LogP contribution in [0.4, 0.5) is 0 Å². The van der Waals surface area contributed by atoms with Crippen LogP contribution in [0.25, 0.3) is 0 Å². The van der Waals surface area contributed by atoms with Crippen LogP contribution in [-0.2, 0) is 16.1 Å². The Morgan fingerprint density at radius 2 is 2.20 bits per heavy atom. The number of aliphatic hydroxyl groups excluding tert-OH is 1. The number of ether oxygens (including phenoxy) is 1. The van der Waals surface area contributed by atoms with Gasteiger partial charge in [0, 0.05) is 11.3 Å². The molecule has 0 unspecified atom stereocenters. The van der Waals surface area contributed by atoms with E-state index in [4.69, 9.17) is 9.84 Å². The zero-order valence-electron chi connectivity index (χ0n) is 12.2. The summed E-state index contributed by atoms with van der Waals surface area (Å²) >= 11 is 1.54. The molecule has 1 heterocycles. The second-order valence-corrected chi connectivity index (χ2v) is 6.39. The number of aliphatic hydroxyl groups is 1. The first-order valence-corrected chi connectivity index (χ1v) is 7.31. The van der Waals surface area contributed by atoms with Crippen LogP contribution in [0.5, 0.6) is 0 Å². The van der Waals surface area contributed by atoms with Gasteiger partial charge in [-0.15, -0.1) is 11.3 Å². The van der Waals surface area contributed by atoms with Crippen molar-refractivity contribution in [2.75, 3.05) is 13.2 Å². The molecule has 0 aliphatic heterocycles. The number of hydrogen-bond acceptors (Lipinski definition) is 4. The molecule has 0 aliphatic carbocycles. The Balaban J connectivity index is 2.35. The second-order valence-electron chi connectivity index (χ2n) is 5.22. The minimum absolute atomic E-state index is 0.0675. The molecule has 1 aromatic heterocycles. The maximum Gasteiger partial charge on any atom is 0.246 e. The lowest BCUT2D eigenvalue weighted by atomic mass is 10.2. The summed E-state index contributed by atoms with van der Waals surface area (Å²) < 4.78 is 5.40. The maximum atomic E-state index is 11.6. The van der Waals surface area contributed by atoms with Gasteiger partial charge in [0.2, 0.25) is 5.91 Å². The SMILES string of the molecule is CC(C)(C)OCC(=O)NCc1ccc(C#CCCO)s1. The zero-order chi connectivity index (χ0) is 15.0. The fourth-order valence-electron chi connectivity index (χ4n) is 1.26. The highest BCUT2D eigenvalue weighted by molar-refractivity contribution is 7.12. The van der Waals surface area contributed by atoms with Crippen LogP contribution in [0.1, 0.15) is 36.9 Å². The molecule has 1 amide bonds. The van der Waals surface area contributed by atoms with E-state index in [0.717, 1.165) is 9.75 Å². The molecule has 1 aromatic rings. The van der Waals surface area contributed by atoms with Crippen LogP contribution in [0.3, 0.4) is 0 Å². The summed E-state index contributed by atoms with van der Waals surface area (Å²) in [5, 5.41) is 11.5. The van der Waals surface area contributed by atoms with Crippen molar-refractivity contribution in [1.29, 1.82) is 0 Å². The molecule has 110 valence electrons. The number of hydrogen-bond donors (Lipinski definition) is 2. The van der Waals surface area contributed by atoms with Crippen LogP contribution in [0.2, 0.25) is 0 Å². The van der Waals surface area contributed by atoms with E-state index in [2.05, 4.69) is 17.2 Å². The molecule has 0 fully saturated rings. The molecular weight excluding hydrogens is 274 g/mol. The van der Waals surface area contributed by atoms with Gasteiger partial charge in [-0.2, -0.15) is 0 Å². The monoisotopic (exact) mass is 295 g/mol. The van der Waals surface area contributed by atoms with Crippen LogP contribution in [-0.4, -0.2) is 29.8 Å². The number of nitrogens with one attached hydrogen (secondary N) is 1. The lowest BCUT2D eigenvalue weighted by molar-refractivity contribution is -0.130. The molecule has 0 aliphatic rings. The van der Waals surface area contributed by atoms with Gasteiger partial charge in [-0.3, -0.25) is 4.79 Å². The number of rotatable bonds is 5. The van der Waals surface area contributed by atoms with Gasteiger partial charge in [-0.05, 0) is 32.9 Å². The van der Waals surface area contributed by atoms with E-state index in [1.54, 1.807) is 0 Å². The van der Waals surface area contributed by atoms with Gasteiger partial charge < -0.3 is 15.2 Å². The van der Waals surface area contributed by atoms with Crippen LogP contribution >= 0.6 is 11.3 Å². The van der Waals surface area contributed by atoms with E-state index < -0.39 is 0 Å². The lowest BCUT2D eigenvalue weighted by Gasteiger charge is -2.18. The average Bonchev–Trinajstić information content (AvgIpc) is 2.81. The Hall–Kier alpha value is -1.35. The van der Waals surface area contributed by atoms with E-state index in [1.807, 2.05) is 32.9 Å². The molecule has 0 atom stereocenters. The Labute approximate surface area is 124 Å². The molecule has 0 spiro atoms. The highest BCUT2D eigenvalue weighted by atomic mass is 32.1. The predicted octanol–water partition coefficient (Wildman–Crippen LogP) is 1.91. The van der Waals surface area contributed by atoms with Crippen molar-refractivity contribution in [3.8, 4) is 11.8 Å². The third-order valence-corrected chi connectivity index (χ3v) is 3.21. The Bertz CT molecular complexity index is 491. The van der Waals surface area contributed by atoms with E-state index >= 15 is 0 Å². The lowest BCUT2D eigenvalue weighted by Crippen LogP contribution is -2.31. The van der Waals surface area contributed by atoms with Crippen molar-refractivity contribution in [3.05, 3.63) is 21.9 Å². The molecule has 0 saturated carbocycles. The smallest absolute Gasteiger partial charge is 0.246 e. The summed E-state index contributed by atoms with van der Waals surface area (Å²) in [7, 11) is 0. The van der Waals surface area contributed by atoms with E-state index in [1.165, 1.54) is 11.3 Å². The van der Waals surface area contributed by atoms with Crippen molar-refractivity contribution in [2.45, 2.75) is 39.3 Å². The first-order valence-electron chi connectivity index (χ1n) is 6.50. The predicted molar refractivity (Wildman–Crippen MR) is 80.5 cm³/mol. The first-order chi connectivity index (χ1) is 9.40. The van der Waals surface area contributed by atoms with Gasteiger partial charge in [-0.1, -0.05) is 11.8 Å². The van der Waals surface area contributed by atoms with Gasteiger partial charge in [0.1, 0.15) is 6.61 Å². The van der Waals surface area contributed by atoms with Crippen molar-refractivity contribution in [2.24, 2.45) is 0 Å². The Morgan fingerprint density at radius 3 is 2.85 bits per heavy atom. The summed E-state index contributed by atoms with van der Waals surface area (Å²) in [5.41, 5.74) is -0.310. The molecule has 0 aromatic carbocycles. The van der Waals surface area contributed by atoms with Gasteiger partial charge >= 0.3 is 0 Å². The summed E-state index contributed by atoms with van der Waals surface area (Å²) in [6.45, 7) is 6.37. The molecule has 5 heteroatoms. The Kier molecular flexibility index (Phi) is 6.73. The standard InChI is InChI=1S/C15H21NO3S/c1-15(2,3)19-11-14(18)16-10-13-8-7-12(20-13)6-4-5-9-17/h7-8,17H,5,9-11H2,1-3H3,(H,16,18). The molecule has 0 bridgehead atoms. The summed E-state index contributed by atoms with van der Waals surface area (Å²) in [6.07, 6.45) is 0.480. The first kappa shape index (κ1) is 16.7. The third kappa shape index (κ3) is 7.29. The van der Waals surface area contributed by atoms with E-state index in [0.29, 0.717) is 13.0 Å². The second kappa shape index (κ2) is 8.05. The van der Waals surface area contributed by atoms with E-state index in [9.17, 15) is 4.79 Å². The van der Waals surface area contributed by atoms with Gasteiger partial charge in [0.15, 0.2) is 0 Å². The minimum Gasteiger partial charge on any atom is -0.395 e. The van der Waals surface area contributed by atoms with Crippen LogP contribution in [0, 0.1) is 11.8 Å². The number of carbonyl (C=O) groups is 1. The minimum atomic E-state index is -0.310. The number of carbonyl (C=O) groups excluding carboxylic acids is 1. The van der Waals surface area contributed by atoms with Crippen molar-refractivity contribution >= 4 is 17.2 Å². The molecule has 2 N–H and O–H groups in total. The molecule has 0 saturated heterocycles. The molecule has 20 heavy (non-hydrogen) atoms. The molecule has 0 radical (unpaired) electrons. The van der Waals surface area contributed by atoms with Gasteiger partial charge in [0.25, 0.3) is 0 Å². The Morgan fingerprint density at radius 1 is 1.45 bits per heavy atom. The number of thiophene rings is 1. The third-order valence-electron chi connectivity index (χ3n) is 2.21. The fraction of sp³-hybridized carbons (Fsp3) is 0.533. The van der Waals surface area contributed by atoms with Crippen molar-refractivity contribution in [3.63, 3.8) is 0 Å². The molecular formula is C15H21NO3S. The summed E-state index contributed by atoms with van der Waals surface area (Å²) in [5.74, 6) is 5.72. The normalized spacial score (nSPS) is 10.8. The topological polar surface area (TPSA) is 58.6 Å². The van der Waals surface area contributed by atoms with Crippen LogP contribution in [0.15, 0.2) is 12.1 Å². The van der Waals surface area contributed by atoms with Crippen molar-refractivity contribution in [1.82, 2.24) is 5.32 Å². The van der Waals surface area contributed by atoms with Crippen molar-refractivity contribution < 1.29 is 14.6 Å². The highest BCUT2D eigenvalue weighted by Gasteiger charge is 2.12. The van der Waals surface area contributed by atoms with Crippen LogP contribution < -0.4 is 5.32 Å². The molecule has 1 rings (SSSR count). The maximum absolute atomic E-state index is 11.6. The number of amides is 1. The average molecular weight is 295 g/mol. The highest BCUT2D eigenvalue weighted by Crippen LogP contribution is 2.15. The quantitative estimate of drug-likeness (QED) is 0.816. The fourth-order valence-corrected chi connectivity index (χ4v) is 2.09. The van der Waals surface area contributed by atoms with E-state index in [-0.39, 0.29) is 24.7 Å². The summed E-state index contributed by atoms with van der Waals surface area (Å²) in [6, 6.07) is 3.86. The summed E-state index contributed by atoms with van der Waals surface area (Å²) in [4.78, 5) is 13.6.